The molecule has 0 fully saturated rings. The van der Waals surface area contributed by atoms with Gasteiger partial charge >= 0.3 is 0 Å². The molecule has 0 aliphatic carbocycles. The van der Waals surface area contributed by atoms with Crippen molar-refractivity contribution in [1.82, 2.24) is 4.72 Å². The third kappa shape index (κ3) is 4.51. The minimum atomic E-state index is -2.62. The monoisotopic (exact) mass is 283 g/mol. The van der Waals surface area contributed by atoms with Gasteiger partial charge in [-0.15, -0.1) is 0 Å². The van der Waals surface area contributed by atoms with Crippen LogP contribution in [-0.4, -0.2) is 16.3 Å². The molecule has 0 aliphatic rings. The lowest BCUT2D eigenvalue weighted by Crippen LogP contribution is -2.32. The number of hydrogen-bond acceptors (Lipinski definition) is 3. The summed E-state index contributed by atoms with van der Waals surface area (Å²) in [7, 11) is -2.62. The van der Waals surface area contributed by atoms with Crippen molar-refractivity contribution in [1.29, 1.82) is 0 Å². The number of hydrogen-bond donors (Lipinski definition) is 2. The summed E-state index contributed by atoms with van der Waals surface area (Å²) in [5.74, 6) is 0. The van der Waals surface area contributed by atoms with Crippen LogP contribution >= 0.6 is 0 Å². The highest BCUT2D eigenvalue weighted by Gasteiger charge is 2.16. The van der Waals surface area contributed by atoms with Crippen molar-refractivity contribution in [3.8, 4) is 0 Å². The van der Waals surface area contributed by atoms with Crippen LogP contribution < -0.4 is 10.5 Å². The Bertz CT molecular complexity index is 521. The quantitative estimate of drug-likeness (QED) is 0.787. The van der Waals surface area contributed by atoms with E-state index in [1.807, 2.05) is 32.9 Å². The van der Waals surface area contributed by atoms with Gasteiger partial charge in [0.25, 0.3) is 0 Å². The summed E-state index contributed by atoms with van der Waals surface area (Å²) in [6.07, 6.45) is 1.76. The van der Waals surface area contributed by atoms with Gasteiger partial charge in [-0.2, -0.15) is 0 Å². The minimum absolute atomic E-state index is 0.0467. The number of nitrogens with zero attached hydrogens (tertiary/aromatic N) is 1. The van der Waals surface area contributed by atoms with Gasteiger partial charge in [0.1, 0.15) is 9.92 Å². The van der Waals surface area contributed by atoms with Crippen LogP contribution in [0.15, 0.2) is 33.5 Å². The summed E-state index contributed by atoms with van der Waals surface area (Å²) >= 11 is 0. The number of nitrogens with two attached hydrogens (primary N) is 1. The van der Waals surface area contributed by atoms with E-state index >= 15 is 0 Å². The Labute approximate surface area is 117 Å². The Hall–Kier alpha value is -1.07. The Kier molecular flexibility index (Phi) is 5.82. The molecule has 19 heavy (non-hydrogen) atoms. The molecule has 1 aromatic carbocycles. The van der Waals surface area contributed by atoms with Gasteiger partial charge in [-0.25, -0.2) is 13.3 Å². The van der Waals surface area contributed by atoms with Crippen molar-refractivity contribution >= 4 is 15.6 Å². The molecule has 0 aliphatic heterocycles. The first kappa shape index (κ1) is 16.0. The fraction of sp³-hybridized carbons (Fsp3) is 0.571. The Balaban J connectivity index is 3.27. The van der Waals surface area contributed by atoms with E-state index in [1.165, 1.54) is 0 Å². The average molecular weight is 283 g/mol. The standard InChI is InChI=1S/C14H25N3OS/c1-5-11(3)16-19(18,17-12(4)6-2)14-9-7-8-13(15)10-14/h7-12H,5-6,15H2,1-4H3,(H,16,17,18). The predicted octanol–water partition coefficient (Wildman–Crippen LogP) is 3.20. The highest BCUT2D eigenvalue weighted by Crippen LogP contribution is 2.17. The zero-order chi connectivity index (χ0) is 14.5. The summed E-state index contributed by atoms with van der Waals surface area (Å²) in [4.78, 5) is 0.660. The molecule has 3 unspecified atom stereocenters. The lowest BCUT2D eigenvalue weighted by Gasteiger charge is -2.19. The average Bonchev–Trinajstić information content (AvgIpc) is 2.38. The molecule has 3 atom stereocenters. The van der Waals surface area contributed by atoms with Crippen molar-refractivity contribution in [2.45, 2.75) is 57.5 Å². The van der Waals surface area contributed by atoms with Gasteiger partial charge in [-0.3, -0.25) is 0 Å². The Morgan fingerprint density at radius 3 is 2.53 bits per heavy atom. The largest absolute Gasteiger partial charge is 0.399 e. The highest BCUT2D eigenvalue weighted by molar-refractivity contribution is 7.91. The predicted molar refractivity (Wildman–Crippen MR) is 82.3 cm³/mol. The number of anilines is 1. The van der Waals surface area contributed by atoms with E-state index in [0.29, 0.717) is 10.6 Å². The van der Waals surface area contributed by atoms with Gasteiger partial charge in [0.2, 0.25) is 0 Å². The lowest BCUT2D eigenvalue weighted by atomic mass is 10.3. The van der Waals surface area contributed by atoms with Gasteiger partial charge in [-0.1, -0.05) is 19.9 Å². The molecule has 0 radical (unpaired) electrons. The molecule has 0 heterocycles. The van der Waals surface area contributed by atoms with Crippen LogP contribution in [0.5, 0.6) is 0 Å². The Morgan fingerprint density at radius 1 is 1.32 bits per heavy atom. The van der Waals surface area contributed by atoms with E-state index < -0.39 is 9.92 Å². The molecule has 0 bridgehead atoms. The molecule has 0 saturated heterocycles. The van der Waals surface area contributed by atoms with Crippen LogP contribution in [-0.2, 0) is 9.92 Å². The molecule has 3 N–H and O–H groups in total. The minimum Gasteiger partial charge on any atom is -0.399 e. The second-order valence-electron chi connectivity index (χ2n) is 4.89. The van der Waals surface area contributed by atoms with Crippen molar-refractivity contribution in [2.75, 3.05) is 5.73 Å². The number of rotatable bonds is 6. The molecule has 5 heteroatoms. The number of benzene rings is 1. The molecular formula is C14H25N3OS. The molecular weight excluding hydrogens is 258 g/mol. The normalized spacial score (nSPS) is 17.5. The second-order valence-corrected chi connectivity index (χ2v) is 6.86. The maximum atomic E-state index is 13.1. The van der Waals surface area contributed by atoms with Gasteiger partial charge < -0.3 is 5.73 Å². The molecule has 1 rings (SSSR count). The van der Waals surface area contributed by atoms with Gasteiger partial charge in [-0.05, 0) is 44.9 Å². The van der Waals surface area contributed by atoms with Crippen LogP contribution in [0.2, 0.25) is 0 Å². The van der Waals surface area contributed by atoms with Crippen molar-refractivity contribution < 1.29 is 4.21 Å². The third-order valence-corrected chi connectivity index (χ3v) is 5.34. The van der Waals surface area contributed by atoms with Gasteiger partial charge in [0.05, 0.1) is 10.9 Å². The molecule has 0 saturated carbocycles. The fourth-order valence-electron chi connectivity index (χ4n) is 1.53. The SMILES string of the molecule is CCC(C)N=S(=O)(NC(C)CC)c1cccc(N)c1. The first-order valence-corrected chi connectivity index (χ1v) is 8.31. The van der Waals surface area contributed by atoms with E-state index in [4.69, 9.17) is 5.73 Å². The zero-order valence-electron chi connectivity index (χ0n) is 12.2. The maximum Gasteiger partial charge on any atom is 0.137 e. The summed E-state index contributed by atoms with van der Waals surface area (Å²) in [5.41, 5.74) is 6.39. The highest BCUT2D eigenvalue weighted by atomic mass is 32.2. The molecule has 108 valence electrons. The van der Waals surface area contributed by atoms with Crippen molar-refractivity contribution in [2.24, 2.45) is 4.36 Å². The summed E-state index contributed by atoms with van der Waals surface area (Å²) in [6, 6.07) is 7.35. The van der Waals surface area contributed by atoms with Crippen LogP contribution in [0.1, 0.15) is 40.5 Å². The maximum absolute atomic E-state index is 13.1. The van der Waals surface area contributed by atoms with Gasteiger partial charge in [0, 0.05) is 11.7 Å². The molecule has 0 amide bonds. The second kappa shape index (κ2) is 6.91. The fourth-order valence-corrected chi connectivity index (χ4v) is 3.78. The van der Waals surface area contributed by atoms with Crippen molar-refractivity contribution in [3.05, 3.63) is 24.3 Å². The van der Waals surface area contributed by atoms with Crippen LogP contribution in [0.3, 0.4) is 0 Å². The molecule has 4 nitrogen and oxygen atoms in total. The Morgan fingerprint density at radius 2 is 2.00 bits per heavy atom. The van der Waals surface area contributed by atoms with Crippen LogP contribution in [0.4, 0.5) is 5.69 Å². The third-order valence-electron chi connectivity index (χ3n) is 3.07. The van der Waals surface area contributed by atoms with Crippen LogP contribution in [0, 0.1) is 0 Å². The zero-order valence-corrected chi connectivity index (χ0v) is 13.0. The summed E-state index contributed by atoms with van der Waals surface area (Å²) < 4.78 is 20.8. The smallest absolute Gasteiger partial charge is 0.137 e. The first-order chi connectivity index (χ1) is 8.91. The van der Waals surface area contributed by atoms with E-state index in [1.54, 1.807) is 12.1 Å². The number of nitrogens with one attached hydrogen (secondary N) is 1. The van der Waals surface area contributed by atoms with E-state index in [2.05, 4.69) is 16.0 Å². The summed E-state index contributed by atoms with van der Waals surface area (Å²) in [5, 5.41) is 0. The van der Waals surface area contributed by atoms with E-state index in [0.717, 1.165) is 12.8 Å². The van der Waals surface area contributed by atoms with Crippen LogP contribution in [0.25, 0.3) is 0 Å². The van der Waals surface area contributed by atoms with E-state index in [-0.39, 0.29) is 12.1 Å². The molecule has 0 spiro atoms. The topological polar surface area (TPSA) is 67.5 Å². The molecule has 0 aromatic heterocycles. The number of nitrogen functional groups attached to an aromatic ring is 1. The van der Waals surface area contributed by atoms with Gasteiger partial charge in [0.15, 0.2) is 0 Å². The summed E-state index contributed by atoms with van der Waals surface area (Å²) in [6.45, 7) is 8.08. The molecule has 1 aromatic rings. The lowest BCUT2D eigenvalue weighted by molar-refractivity contribution is 0.608. The van der Waals surface area contributed by atoms with Crippen molar-refractivity contribution in [3.63, 3.8) is 0 Å². The van der Waals surface area contributed by atoms with E-state index in [9.17, 15) is 4.21 Å². The first-order valence-electron chi connectivity index (χ1n) is 6.80.